The molecule has 0 aromatic carbocycles. The van der Waals surface area contributed by atoms with E-state index in [2.05, 4.69) is 62.0 Å². The highest BCUT2D eigenvalue weighted by Gasteiger charge is 2.60. The molecule has 117 heavy (non-hydrogen) atoms. The fourth-order valence-electron chi connectivity index (χ4n) is 19.4. The Morgan fingerprint density at radius 2 is 1.17 bits per heavy atom. The molecule has 14 unspecified atom stereocenters. The van der Waals surface area contributed by atoms with Gasteiger partial charge in [-0.25, -0.2) is 9.36 Å². The van der Waals surface area contributed by atoms with Crippen molar-refractivity contribution in [3.05, 3.63) is 11.6 Å². The lowest BCUT2D eigenvalue weighted by molar-refractivity contribution is -0.301. The summed E-state index contributed by atoms with van der Waals surface area (Å²) in [6.07, 6.45) is 4.00. The van der Waals surface area contributed by atoms with Crippen LogP contribution in [-0.2, 0) is 82.1 Å². The third-order valence-corrected chi connectivity index (χ3v) is 28.5. The molecule has 4 saturated heterocycles. The summed E-state index contributed by atoms with van der Waals surface area (Å²) in [6.45, 7) is 6.26. The zero-order valence-electron chi connectivity index (χ0n) is 69.3. The van der Waals surface area contributed by atoms with Gasteiger partial charge in [-0.2, -0.15) is 0 Å². The lowest BCUT2D eigenvalue weighted by Crippen LogP contribution is -2.59. The highest BCUT2D eigenvalue weighted by molar-refractivity contribution is 8.07. The van der Waals surface area contributed by atoms with Crippen molar-refractivity contribution in [3.63, 3.8) is 0 Å². The van der Waals surface area contributed by atoms with Gasteiger partial charge in [0.25, 0.3) is 0 Å². The van der Waals surface area contributed by atoms with Gasteiger partial charge in [-0.3, -0.25) is 33.0 Å². The lowest BCUT2D eigenvalue weighted by Gasteiger charge is -2.58. The summed E-state index contributed by atoms with van der Waals surface area (Å²) < 4.78 is 63.3. The van der Waals surface area contributed by atoms with Gasteiger partial charge in [-0.05, 0) is 187 Å². The molecule has 3 saturated carbocycles. The van der Waals surface area contributed by atoms with Crippen molar-refractivity contribution in [1.29, 1.82) is 0 Å². The molecule has 0 aromatic heterocycles. The maximum atomic E-state index is 13.9. The van der Waals surface area contributed by atoms with Crippen molar-refractivity contribution in [2.45, 2.75) is 325 Å². The van der Waals surface area contributed by atoms with Crippen molar-refractivity contribution >= 4 is 62.0 Å². The maximum absolute atomic E-state index is 13.9. The molecule has 6 amide bonds. The highest BCUT2D eigenvalue weighted by atomic mass is 32.5. The molecule has 4 aliphatic heterocycles. The van der Waals surface area contributed by atoms with E-state index < -0.39 is 151 Å². The molecule has 0 aromatic rings. The van der Waals surface area contributed by atoms with Crippen LogP contribution in [0.4, 0.5) is 4.79 Å². The van der Waals surface area contributed by atoms with Crippen LogP contribution < -0.4 is 21.3 Å². The Labute approximate surface area is 694 Å². The molecule has 37 heteroatoms. The molecule has 8 rings (SSSR count). The van der Waals surface area contributed by atoms with Gasteiger partial charge in [0.2, 0.25) is 29.5 Å². The van der Waals surface area contributed by atoms with E-state index in [1.165, 1.54) is 60.3 Å². The molecule has 0 radical (unpaired) electrons. The predicted octanol–water partition coefficient (Wildman–Crippen LogP) is 4.41. The molecule has 0 bridgehead atoms. The first-order chi connectivity index (χ1) is 55.7. The summed E-state index contributed by atoms with van der Waals surface area (Å²) in [7, 11) is -4.90. The number of rotatable bonds is 50. The average Bonchev–Trinajstić information content (AvgIpc) is 1.67. The Hall–Kier alpha value is -3.56. The van der Waals surface area contributed by atoms with Crippen molar-refractivity contribution in [1.82, 2.24) is 31.1 Å². The second kappa shape index (κ2) is 48.1. The van der Waals surface area contributed by atoms with Crippen LogP contribution in [0.25, 0.3) is 0 Å². The fourth-order valence-corrected chi connectivity index (χ4v) is 21.5. The van der Waals surface area contributed by atoms with E-state index in [-0.39, 0.29) is 133 Å². The maximum Gasteiger partial charge on any atom is 0.472 e. The molecule has 25 atom stereocenters. The minimum absolute atomic E-state index is 0.0169. The number of aliphatic hydroxyl groups is 10. The average molecular weight is 1730 g/mol. The zero-order chi connectivity index (χ0) is 85.2. The summed E-state index contributed by atoms with van der Waals surface area (Å²) in [6, 6.07) is -2.57. The van der Waals surface area contributed by atoms with Crippen molar-refractivity contribution in [2.24, 2.45) is 46.3 Å². The number of phosphoric acid groups is 1. The van der Waals surface area contributed by atoms with Crippen molar-refractivity contribution in [2.75, 3.05) is 85.6 Å². The van der Waals surface area contributed by atoms with Crippen LogP contribution in [0.1, 0.15) is 227 Å². The first-order valence-electron chi connectivity index (χ1n) is 43.2. The topological polar surface area (TPSA) is 500 Å². The second-order valence-electron chi connectivity index (χ2n) is 34.8. The normalized spacial score (nSPS) is 33.2. The molecule has 7 fully saturated rings. The van der Waals surface area contributed by atoms with Gasteiger partial charge in [0.05, 0.1) is 63.9 Å². The van der Waals surface area contributed by atoms with Crippen molar-refractivity contribution < 1.29 is 136 Å². The number of aliphatic hydroxyl groups excluding tert-OH is 10. The summed E-state index contributed by atoms with van der Waals surface area (Å²) in [5.41, 5.74) is 2.00. The van der Waals surface area contributed by atoms with E-state index in [4.69, 9.17) is 53.6 Å². The first-order valence-corrected chi connectivity index (χ1v) is 47.3. The molecule has 4 aliphatic carbocycles. The number of allylic oxidation sites excluding steroid dienone is 1. The van der Waals surface area contributed by atoms with Gasteiger partial charge in [0.1, 0.15) is 61.0 Å². The lowest BCUT2D eigenvalue weighted by atomic mass is 9.47. The van der Waals surface area contributed by atoms with Gasteiger partial charge in [-0.1, -0.05) is 78.4 Å². The Morgan fingerprint density at radius 1 is 0.590 bits per heavy atom. The van der Waals surface area contributed by atoms with Gasteiger partial charge in [0.15, 0.2) is 12.6 Å². The summed E-state index contributed by atoms with van der Waals surface area (Å²) in [5.74, 6) is 2.61. The number of hydrogen-bond donors (Lipinski definition) is 16. The number of fused-ring (bicyclic) bond motifs is 5. The van der Waals surface area contributed by atoms with E-state index in [1.807, 2.05) is 0 Å². The fraction of sp³-hybridized carbons (Fsp3) is 0.900. The smallest absolute Gasteiger partial charge is 0.446 e. The van der Waals surface area contributed by atoms with Crippen LogP contribution >= 0.6 is 14.5 Å². The number of unbranched alkanes of at least 4 members (excludes halogenated alkanes) is 7. The number of β-amino-alcohol motifs (C(OH)–C–C–N with tert-alkyl or cyclic N) is 1. The first kappa shape index (κ1) is 98.9. The Balaban J connectivity index is 0.727. The number of ether oxygens (including phenoxy) is 5. The summed E-state index contributed by atoms with van der Waals surface area (Å²) in [5, 5.41) is 111. The zero-order valence-corrected chi connectivity index (χ0v) is 71.9. The standard InChI is InChI=1S/C80H140N6O28P2S/c1-50(2)19-18-20-51(3)59-28-29-60-58-27-26-52-41-56(30-32-79(52,4)61(58)31-33-80(59,60)5)111-78(102)83-36-14-7-9-25-68(94)86-45-57(43-54(86)49-110-116(105,117)108-40-37-87)114-115(103,104)109-48-53-42-55(90)44-85(53)67(93)24-8-6-13-35-82-75(101)62(84-66(92)23-12-17-39-107-77-74(100)72(98)70(96)64(47-89)113-77)21-10-15-34-81-65(91)22-11-16-38-106-76-73(99)71(97)69(95)63(46-88)112-76/h26,50-51,53-64,69-74,76-77,87-90,95-100H,6-25,27-49H2,1-5H3,(H,81,91)(H,82,101)(H,83,102)(H,84,92)(H,103,104)(H,105,117)/t51-,53+,54+,55-,56-,57?,58+,59-,60?,61-,62+,63?,64?,69?,70?,71?,72?,73?,74?,76?,77?,79+,80-,116?/m1/s1. The van der Waals surface area contributed by atoms with Crippen LogP contribution in [-0.4, -0.2) is 290 Å². The molecular weight excluding hydrogens is 1590 g/mol. The molecule has 8 aliphatic rings. The second-order valence-corrected chi connectivity index (χ2v) is 39.0. The number of carbonyl (C=O) groups excluding carboxylic acids is 6. The molecule has 4 heterocycles. The SMILES string of the molecule is CC(C)CCC[C@@H](C)[C@H]1CCC2[C@@H]3CC=C4C[C@H](OC(=O)NCCCCCC(=O)N5CC(OP(=O)(O)OC[C@@H]6C[C@@H](O)CN6C(=O)CCCCCNC(=O)[C@H](CCCCNC(=O)CCCCOC6OC(CO)C(O)C(O)C6O)NC(=O)CCCCOC6OC(CO)C(O)C(O)C6O)C[C@H]5COP(O)(=S)OCCO)CC[C@]4(C)[C@@H]3CC[C@@]21C. The van der Waals surface area contributed by atoms with Gasteiger partial charge in [0, 0.05) is 78.0 Å². The molecular formula is C80H140N6O28P2S. The van der Waals surface area contributed by atoms with Crippen LogP contribution in [0.15, 0.2) is 11.6 Å². The Kier molecular flexibility index (Phi) is 40.6. The number of carbonyl (C=O) groups is 6. The van der Waals surface area contributed by atoms with Crippen LogP contribution in [0, 0.1) is 46.3 Å². The van der Waals surface area contributed by atoms with Gasteiger partial charge in [-0.15, -0.1) is 0 Å². The van der Waals surface area contributed by atoms with Gasteiger partial charge >= 0.3 is 20.6 Å². The summed E-state index contributed by atoms with van der Waals surface area (Å²) in [4.78, 5) is 105. The number of likely N-dealkylation sites (tertiary alicyclic amines) is 2. The number of nitrogens with zero attached hydrogens (tertiary/aromatic N) is 2. The number of nitrogens with one attached hydrogen (secondary N) is 4. The van der Waals surface area contributed by atoms with Gasteiger partial charge < -0.3 is 125 Å². The quantitative estimate of drug-likeness (QED) is 0.0228. The highest BCUT2D eigenvalue weighted by Crippen LogP contribution is 2.67. The number of phosphoric ester groups is 1. The minimum Gasteiger partial charge on any atom is -0.446 e. The number of hydrogen-bond acceptors (Lipinski definition) is 27. The van der Waals surface area contributed by atoms with E-state index in [0.717, 1.165) is 49.4 Å². The van der Waals surface area contributed by atoms with Crippen LogP contribution in [0.5, 0.6) is 0 Å². The van der Waals surface area contributed by atoms with E-state index >= 15 is 0 Å². The van der Waals surface area contributed by atoms with E-state index in [1.54, 1.807) is 0 Å². The monoisotopic (exact) mass is 1730 g/mol. The van der Waals surface area contributed by atoms with Crippen LogP contribution in [0.2, 0.25) is 0 Å². The largest absolute Gasteiger partial charge is 0.472 e. The molecule has 674 valence electrons. The predicted molar refractivity (Wildman–Crippen MR) is 430 cm³/mol. The van der Waals surface area contributed by atoms with Crippen LogP contribution in [0.3, 0.4) is 0 Å². The molecule has 0 spiro atoms. The summed E-state index contributed by atoms with van der Waals surface area (Å²) >= 11 is 5.11. The third kappa shape index (κ3) is 29.3. The Bertz CT molecular complexity index is 3230. The molecule has 16 N–H and O–H groups in total. The number of alkyl carbamates (subject to hydrolysis) is 1. The van der Waals surface area contributed by atoms with E-state index in [9.17, 15) is 94.2 Å². The molecule has 34 nitrogen and oxygen atoms in total. The Morgan fingerprint density at radius 3 is 1.79 bits per heavy atom. The van der Waals surface area contributed by atoms with Crippen molar-refractivity contribution in [3.8, 4) is 0 Å². The van der Waals surface area contributed by atoms with E-state index in [0.29, 0.717) is 94.4 Å². The minimum atomic E-state index is -4.90. The third-order valence-electron chi connectivity index (χ3n) is 25.9. The number of amides is 6.